The molecule has 11 nitrogen and oxygen atoms in total. The number of hydrogen-bond acceptors (Lipinski definition) is 7. The Balaban J connectivity index is 1.93. The molecule has 0 radical (unpaired) electrons. The zero-order valence-corrected chi connectivity index (χ0v) is 20.0. The summed E-state index contributed by atoms with van der Waals surface area (Å²) in [7, 11) is 0. The van der Waals surface area contributed by atoms with E-state index in [4.69, 9.17) is 0 Å². The number of Topliss-reactive ketones (excluding diaryl/α,β-unsaturated/α-hetero) is 1. The highest BCUT2D eigenvalue weighted by Gasteiger charge is 2.64. The number of nitro groups is 1. The zero-order chi connectivity index (χ0) is 26.9. The Morgan fingerprint density at radius 3 is 2.51 bits per heavy atom. The number of aromatic nitrogens is 1. The number of carbonyl (C=O) groups excluding carboxylic acids is 3. The van der Waals surface area contributed by atoms with E-state index in [0.29, 0.717) is 0 Å². The molecule has 0 bridgehead atoms. The van der Waals surface area contributed by atoms with Gasteiger partial charge in [0.25, 0.3) is 5.69 Å². The number of carbonyl (C=O) groups is 3. The highest BCUT2D eigenvalue weighted by Crippen LogP contribution is 2.56. The molecule has 5 rings (SSSR count). The van der Waals surface area contributed by atoms with Crippen molar-refractivity contribution in [1.29, 1.82) is 5.26 Å². The molecule has 2 aliphatic rings. The first-order valence-corrected chi connectivity index (χ1v) is 11.3. The summed E-state index contributed by atoms with van der Waals surface area (Å²) in [6.07, 6.45) is 1.49. The predicted molar refractivity (Wildman–Crippen MR) is 131 cm³/mol. The summed E-state index contributed by atoms with van der Waals surface area (Å²) in [5, 5.41) is 37.6. The van der Waals surface area contributed by atoms with Crippen LogP contribution in [-0.4, -0.2) is 32.2 Å². The van der Waals surface area contributed by atoms with Gasteiger partial charge in [0.1, 0.15) is 29.0 Å². The molecule has 1 aromatic heterocycles. The summed E-state index contributed by atoms with van der Waals surface area (Å²) in [4.78, 5) is 52.7. The molecular weight excluding hydrogens is 478 g/mol. The third-order valence-corrected chi connectivity index (χ3v) is 6.86. The van der Waals surface area contributed by atoms with Crippen molar-refractivity contribution in [1.82, 2.24) is 4.57 Å². The number of nitro benzene ring substituents is 1. The normalized spacial score (nSPS) is 20.0. The van der Waals surface area contributed by atoms with Crippen LogP contribution in [0.2, 0.25) is 0 Å². The highest BCUT2D eigenvalue weighted by molar-refractivity contribution is 6.25. The smallest absolute Gasteiger partial charge is 0.269 e. The van der Waals surface area contributed by atoms with Crippen molar-refractivity contribution in [2.24, 2.45) is 5.92 Å². The van der Waals surface area contributed by atoms with Gasteiger partial charge in [0, 0.05) is 40.7 Å². The number of benzene rings is 2. The van der Waals surface area contributed by atoms with Crippen LogP contribution in [-0.2, 0) is 20.5 Å². The molecule has 0 aliphatic carbocycles. The first-order chi connectivity index (χ1) is 17.4. The highest BCUT2D eigenvalue weighted by atomic mass is 16.6. The molecule has 37 heavy (non-hydrogen) atoms. The fourth-order valence-corrected chi connectivity index (χ4v) is 5.28. The molecule has 2 aromatic carbocycles. The van der Waals surface area contributed by atoms with Crippen LogP contribution in [0, 0.1) is 27.4 Å². The van der Waals surface area contributed by atoms with Crippen LogP contribution in [0.5, 0.6) is 5.75 Å². The van der Waals surface area contributed by atoms with E-state index in [2.05, 4.69) is 16.7 Å². The maximum atomic E-state index is 14.0. The monoisotopic (exact) mass is 499 g/mol. The summed E-state index contributed by atoms with van der Waals surface area (Å²) in [5.41, 5.74) is -3.03. The van der Waals surface area contributed by atoms with Crippen LogP contribution in [0.1, 0.15) is 47.8 Å². The second-order valence-corrected chi connectivity index (χ2v) is 9.97. The first-order valence-electron chi connectivity index (χ1n) is 11.3. The molecule has 0 saturated carbocycles. The number of non-ortho nitro benzene ring substituents is 1. The minimum atomic E-state index is -2.11. The summed E-state index contributed by atoms with van der Waals surface area (Å²) < 4.78 is 1.63. The second kappa shape index (κ2) is 7.76. The Kier molecular flexibility index (Phi) is 4.98. The summed E-state index contributed by atoms with van der Waals surface area (Å²) >= 11 is 0. The van der Waals surface area contributed by atoms with Gasteiger partial charge in [0.05, 0.1) is 16.1 Å². The van der Waals surface area contributed by atoms with Gasteiger partial charge in [-0.15, -0.1) is 0 Å². The number of ketones is 1. The number of rotatable bonds is 3. The molecular formula is C26H21N5O6. The maximum Gasteiger partial charge on any atom is 0.269 e. The van der Waals surface area contributed by atoms with Gasteiger partial charge in [-0.3, -0.25) is 24.5 Å². The molecule has 0 fully saturated rings. The number of hydrogen-bond donors (Lipinski definition) is 3. The number of anilines is 2. The van der Waals surface area contributed by atoms with E-state index in [1.165, 1.54) is 42.6 Å². The van der Waals surface area contributed by atoms with Crippen molar-refractivity contribution in [3.05, 3.63) is 81.0 Å². The molecule has 0 unspecified atom stereocenters. The molecule has 3 heterocycles. The van der Waals surface area contributed by atoms with E-state index in [0.717, 1.165) is 6.07 Å². The summed E-state index contributed by atoms with van der Waals surface area (Å²) in [6.45, 7) is 5.50. The molecule has 2 amide bonds. The first kappa shape index (κ1) is 23.7. The third-order valence-electron chi connectivity index (χ3n) is 6.86. The zero-order valence-electron chi connectivity index (χ0n) is 20.0. The van der Waals surface area contributed by atoms with Crippen molar-refractivity contribution >= 4 is 34.8 Å². The van der Waals surface area contributed by atoms with E-state index in [-0.39, 0.29) is 39.4 Å². The number of phenols is 1. The van der Waals surface area contributed by atoms with Gasteiger partial charge in [-0.2, -0.15) is 5.26 Å². The van der Waals surface area contributed by atoms with Crippen molar-refractivity contribution in [2.45, 2.75) is 31.7 Å². The van der Waals surface area contributed by atoms with E-state index in [1.54, 1.807) is 4.57 Å². The number of nitrogens with zero attached hydrogens (tertiary/aromatic N) is 3. The van der Waals surface area contributed by atoms with Crippen molar-refractivity contribution in [3.8, 4) is 11.8 Å². The SMILES string of the molecule is CC(C)(C)n1cc(C#N)c2c1NC(=O)[C@H](C(=O)c1ccccc1O)[C@@]21C(=O)Nc2ccc([N+](=O)[O-])cc21. The Morgan fingerprint density at radius 1 is 1.19 bits per heavy atom. The lowest BCUT2D eigenvalue weighted by Crippen LogP contribution is -2.55. The predicted octanol–water partition coefficient (Wildman–Crippen LogP) is 3.42. The Morgan fingerprint density at radius 2 is 1.89 bits per heavy atom. The minimum Gasteiger partial charge on any atom is -0.507 e. The van der Waals surface area contributed by atoms with E-state index >= 15 is 0 Å². The number of phenolic OH excluding ortho intramolecular Hbond substituents is 1. The third kappa shape index (κ3) is 3.15. The van der Waals surface area contributed by atoms with Gasteiger partial charge in [0.15, 0.2) is 5.78 Å². The quantitative estimate of drug-likeness (QED) is 0.215. The van der Waals surface area contributed by atoms with Crippen LogP contribution >= 0.6 is 0 Å². The lowest BCUT2D eigenvalue weighted by Gasteiger charge is -2.39. The van der Waals surface area contributed by atoms with E-state index in [1.807, 2.05) is 20.8 Å². The lowest BCUT2D eigenvalue weighted by molar-refractivity contribution is -0.384. The molecule has 186 valence electrons. The fourth-order valence-electron chi connectivity index (χ4n) is 5.28. The molecule has 11 heteroatoms. The fraction of sp³-hybridized carbons (Fsp3) is 0.231. The minimum absolute atomic E-state index is 0.0227. The molecule has 1 spiro atoms. The Bertz CT molecular complexity index is 1590. The van der Waals surface area contributed by atoms with Crippen LogP contribution in [0.3, 0.4) is 0 Å². The van der Waals surface area contributed by atoms with Gasteiger partial charge >= 0.3 is 0 Å². The van der Waals surface area contributed by atoms with Gasteiger partial charge in [-0.1, -0.05) is 12.1 Å². The molecule has 3 N–H and O–H groups in total. The molecule has 0 saturated heterocycles. The number of fused-ring (bicyclic) bond motifs is 4. The Hall–Kier alpha value is -4.98. The number of amides is 2. The molecule has 2 aliphatic heterocycles. The van der Waals surface area contributed by atoms with Gasteiger partial charge in [-0.05, 0) is 39.0 Å². The van der Waals surface area contributed by atoms with Gasteiger partial charge in [0.2, 0.25) is 11.8 Å². The molecule has 2 atom stereocenters. The number of para-hydroxylation sites is 1. The Labute approximate surface area is 210 Å². The summed E-state index contributed by atoms with van der Waals surface area (Å²) in [5.74, 6) is -4.53. The number of nitriles is 1. The van der Waals surface area contributed by atoms with E-state index < -0.39 is 45.1 Å². The van der Waals surface area contributed by atoms with Crippen LogP contribution in [0.15, 0.2) is 48.7 Å². The number of nitrogens with one attached hydrogen (secondary N) is 2. The van der Waals surface area contributed by atoms with Crippen LogP contribution in [0.4, 0.5) is 17.2 Å². The number of aromatic hydroxyl groups is 1. The molecule has 3 aromatic rings. The van der Waals surface area contributed by atoms with Gasteiger partial charge < -0.3 is 20.3 Å². The topological polar surface area (TPSA) is 167 Å². The van der Waals surface area contributed by atoms with E-state index in [9.17, 15) is 34.9 Å². The average molecular weight is 499 g/mol. The van der Waals surface area contributed by atoms with Crippen molar-refractivity contribution in [2.75, 3.05) is 10.6 Å². The van der Waals surface area contributed by atoms with Crippen molar-refractivity contribution < 1.29 is 24.4 Å². The standard InChI is InChI=1S/C26H21N5O6/c1-25(2,3)30-12-13(11-27)19-22(30)29-23(34)20(21(33)15-6-4-5-7-18(15)32)26(19)16-10-14(31(36)37)8-9-17(16)28-24(26)35/h4-10,12,20,32H,1-3H3,(H,28,35)(H,29,34)/t20-,26-/m0/s1. The maximum absolute atomic E-state index is 14.0. The lowest BCUT2D eigenvalue weighted by atomic mass is 9.61. The van der Waals surface area contributed by atoms with Crippen LogP contribution < -0.4 is 10.6 Å². The van der Waals surface area contributed by atoms with Crippen LogP contribution in [0.25, 0.3) is 0 Å². The second-order valence-electron chi connectivity index (χ2n) is 9.97. The average Bonchev–Trinajstić information content (AvgIpc) is 3.34. The van der Waals surface area contributed by atoms with Gasteiger partial charge in [-0.25, -0.2) is 0 Å². The summed E-state index contributed by atoms with van der Waals surface area (Å²) in [6, 6.07) is 11.3. The van der Waals surface area contributed by atoms with Crippen molar-refractivity contribution in [3.63, 3.8) is 0 Å². The largest absolute Gasteiger partial charge is 0.507 e.